The zero-order valence-corrected chi connectivity index (χ0v) is 12.4. The molecule has 0 fully saturated rings. The van der Waals surface area contributed by atoms with Crippen molar-refractivity contribution < 1.29 is 8.42 Å². The summed E-state index contributed by atoms with van der Waals surface area (Å²) in [6.45, 7) is 4.29. The lowest BCUT2D eigenvalue weighted by atomic mass is 10.2. The van der Waals surface area contributed by atoms with E-state index in [0.29, 0.717) is 13.0 Å². The molecule has 0 aliphatic carbocycles. The van der Waals surface area contributed by atoms with Gasteiger partial charge in [0.05, 0.1) is 5.75 Å². The van der Waals surface area contributed by atoms with Crippen LogP contribution in [0.3, 0.4) is 0 Å². The van der Waals surface area contributed by atoms with Crippen molar-refractivity contribution in [1.82, 2.24) is 10.0 Å². The van der Waals surface area contributed by atoms with E-state index in [-0.39, 0.29) is 5.75 Å². The summed E-state index contributed by atoms with van der Waals surface area (Å²) in [5, 5.41) is 7.24. The fraction of sp³-hybridized carbons (Fsp3) is 0.667. The van der Waals surface area contributed by atoms with Crippen LogP contribution in [-0.2, 0) is 16.4 Å². The van der Waals surface area contributed by atoms with Crippen LogP contribution < -0.4 is 10.0 Å². The second-order valence-electron chi connectivity index (χ2n) is 4.20. The summed E-state index contributed by atoms with van der Waals surface area (Å²) in [7, 11) is -3.11. The fourth-order valence-corrected chi connectivity index (χ4v) is 3.33. The Morgan fingerprint density at radius 3 is 2.78 bits per heavy atom. The van der Waals surface area contributed by atoms with E-state index in [1.165, 1.54) is 5.56 Å². The predicted molar refractivity (Wildman–Crippen MR) is 77.6 cm³/mol. The summed E-state index contributed by atoms with van der Waals surface area (Å²) in [5.74, 6) is 0.202. The Labute approximate surface area is 114 Å². The summed E-state index contributed by atoms with van der Waals surface area (Å²) in [5.41, 5.74) is 1.19. The van der Waals surface area contributed by atoms with Gasteiger partial charge in [-0.05, 0) is 54.7 Å². The average Bonchev–Trinajstić information content (AvgIpc) is 2.81. The van der Waals surface area contributed by atoms with Crippen LogP contribution in [0.25, 0.3) is 0 Å². The summed E-state index contributed by atoms with van der Waals surface area (Å²) in [6.07, 6.45) is 2.50. The molecule has 2 N–H and O–H groups in total. The second kappa shape index (κ2) is 8.63. The van der Waals surface area contributed by atoms with Crippen LogP contribution in [0, 0.1) is 0 Å². The Kier molecular flexibility index (Phi) is 7.50. The van der Waals surface area contributed by atoms with E-state index < -0.39 is 10.0 Å². The van der Waals surface area contributed by atoms with Gasteiger partial charge in [0.15, 0.2) is 0 Å². The first-order valence-electron chi connectivity index (χ1n) is 6.33. The highest BCUT2D eigenvalue weighted by Crippen LogP contribution is 2.05. The van der Waals surface area contributed by atoms with Crippen molar-refractivity contribution in [3.8, 4) is 0 Å². The SMILES string of the molecule is CCCNCCCS(=O)(=O)NCCc1ccsc1. The average molecular weight is 290 g/mol. The fourth-order valence-electron chi connectivity index (χ4n) is 1.55. The standard InChI is InChI=1S/C12H22N2O2S2/c1-2-6-13-7-3-10-18(15,16)14-8-4-12-5-9-17-11-12/h5,9,11,13-14H,2-4,6-8,10H2,1H3. The first-order valence-corrected chi connectivity index (χ1v) is 8.92. The van der Waals surface area contributed by atoms with Crippen molar-refractivity contribution in [1.29, 1.82) is 0 Å². The summed E-state index contributed by atoms with van der Waals surface area (Å²) in [6, 6.07) is 2.02. The van der Waals surface area contributed by atoms with Gasteiger partial charge in [0.25, 0.3) is 0 Å². The molecule has 0 radical (unpaired) electrons. The van der Waals surface area contributed by atoms with E-state index in [4.69, 9.17) is 0 Å². The van der Waals surface area contributed by atoms with Gasteiger partial charge in [-0.1, -0.05) is 6.92 Å². The van der Waals surface area contributed by atoms with Gasteiger partial charge >= 0.3 is 0 Å². The van der Waals surface area contributed by atoms with Gasteiger partial charge in [0.2, 0.25) is 10.0 Å². The first kappa shape index (κ1) is 15.6. The predicted octanol–water partition coefficient (Wildman–Crippen LogP) is 1.60. The number of rotatable bonds is 10. The molecule has 0 bridgehead atoms. The number of nitrogens with one attached hydrogen (secondary N) is 2. The van der Waals surface area contributed by atoms with Crippen molar-refractivity contribution >= 4 is 21.4 Å². The van der Waals surface area contributed by atoms with Crippen LogP contribution in [0.5, 0.6) is 0 Å². The molecule has 0 aromatic carbocycles. The van der Waals surface area contributed by atoms with Crippen molar-refractivity contribution in [2.75, 3.05) is 25.4 Å². The highest BCUT2D eigenvalue weighted by molar-refractivity contribution is 7.89. The van der Waals surface area contributed by atoms with Crippen molar-refractivity contribution in [3.05, 3.63) is 22.4 Å². The van der Waals surface area contributed by atoms with Gasteiger partial charge < -0.3 is 5.32 Å². The minimum Gasteiger partial charge on any atom is -0.317 e. The summed E-state index contributed by atoms with van der Waals surface area (Å²) in [4.78, 5) is 0. The Hall–Kier alpha value is -0.430. The summed E-state index contributed by atoms with van der Waals surface area (Å²) < 4.78 is 25.9. The minimum absolute atomic E-state index is 0.202. The molecule has 1 aromatic heterocycles. The van der Waals surface area contributed by atoms with E-state index in [1.54, 1.807) is 11.3 Å². The molecule has 6 heteroatoms. The molecule has 18 heavy (non-hydrogen) atoms. The molecule has 0 saturated carbocycles. The number of hydrogen-bond donors (Lipinski definition) is 2. The third-order valence-corrected chi connectivity index (χ3v) is 4.71. The van der Waals surface area contributed by atoms with Gasteiger partial charge in [-0.2, -0.15) is 11.3 Å². The number of hydrogen-bond acceptors (Lipinski definition) is 4. The third-order valence-electron chi connectivity index (χ3n) is 2.51. The van der Waals surface area contributed by atoms with E-state index in [9.17, 15) is 8.42 Å². The van der Waals surface area contributed by atoms with Crippen LogP contribution in [-0.4, -0.2) is 33.8 Å². The maximum absolute atomic E-state index is 11.7. The first-order chi connectivity index (χ1) is 8.64. The zero-order valence-electron chi connectivity index (χ0n) is 10.8. The molecular formula is C12H22N2O2S2. The smallest absolute Gasteiger partial charge is 0.211 e. The molecule has 0 unspecified atom stereocenters. The van der Waals surface area contributed by atoms with Crippen molar-refractivity contribution in [2.24, 2.45) is 0 Å². The lowest BCUT2D eigenvalue weighted by Gasteiger charge is -2.06. The monoisotopic (exact) mass is 290 g/mol. The van der Waals surface area contributed by atoms with Crippen LogP contribution in [0.4, 0.5) is 0 Å². The maximum Gasteiger partial charge on any atom is 0.211 e. The minimum atomic E-state index is -3.11. The molecule has 0 atom stereocenters. The molecule has 0 saturated heterocycles. The van der Waals surface area contributed by atoms with E-state index in [0.717, 1.165) is 25.9 Å². The van der Waals surface area contributed by atoms with Crippen LogP contribution in [0.1, 0.15) is 25.3 Å². The molecule has 1 rings (SSSR count). The van der Waals surface area contributed by atoms with E-state index in [2.05, 4.69) is 17.0 Å². The molecule has 1 heterocycles. The third kappa shape index (κ3) is 7.10. The topological polar surface area (TPSA) is 58.2 Å². The highest BCUT2D eigenvalue weighted by atomic mass is 32.2. The van der Waals surface area contributed by atoms with Gasteiger partial charge in [-0.3, -0.25) is 0 Å². The van der Waals surface area contributed by atoms with Gasteiger partial charge in [0.1, 0.15) is 0 Å². The largest absolute Gasteiger partial charge is 0.317 e. The second-order valence-corrected chi connectivity index (χ2v) is 6.90. The van der Waals surface area contributed by atoms with E-state index in [1.807, 2.05) is 16.8 Å². The zero-order chi connectivity index (χ0) is 13.3. The number of thiophene rings is 1. The Balaban J connectivity index is 2.11. The lowest BCUT2D eigenvalue weighted by molar-refractivity contribution is 0.574. The van der Waals surface area contributed by atoms with E-state index >= 15 is 0 Å². The Morgan fingerprint density at radius 1 is 1.28 bits per heavy atom. The molecular weight excluding hydrogens is 268 g/mol. The Bertz CT molecular complexity index is 402. The van der Waals surface area contributed by atoms with Crippen molar-refractivity contribution in [3.63, 3.8) is 0 Å². The Morgan fingerprint density at radius 2 is 2.11 bits per heavy atom. The van der Waals surface area contributed by atoms with Gasteiger partial charge in [-0.15, -0.1) is 0 Å². The van der Waals surface area contributed by atoms with Crippen LogP contribution in [0.15, 0.2) is 16.8 Å². The molecule has 0 amide bonds. The molecule has 0 aliphatic heterocycles. The molecule has 0 spiro atoms. The quantitative estimate of drug-likeness (QED) is 0.644. The van der Waals surface area contributed by atoms with Crippen LogP contribution >= 0.6 is 11.3 Å². The highest BCUT2D eigenvalue weighted by Gasteiger charge is 2.08. The molecule has 4 nitrogen and oxygen atoms in total. The number of sulfonamides is 1. The molecule has 1 aromatic rings. The van der Waals surface area contributed by atoms with Crippen LogP contribution in [0.2, 0.25) is 0 Å². The van der Waals surface area contributed by atoms with Gasteiger partial charge in [0, 0.05) is 6.54 Å². The van der Waals surface area contributed by atoms with Crippen molar-refractivity contribution in [2.45, 2.75) is 26.2 Å². The van der Waals surface area contributed by atoms with Gasteiger partial charge in [-0.25, -0.2) is 13.1 Å². The maximum atomic E-state index is 11.7. The summed E-state index contributed by atoms with van der Waals surface area (Å²) >= 11 is 1.63. The normalized spacial score (nSPS) is 11.8. The lowest BCUT2D eigenvalue weighted by Crippen LogP contribution is -2.30. The molecule has 104 valence electrons. The molecule has 0 aliphatic rings.